The summed E-state index contributed by atoms with van der Waals surface area (Å²) in [6, 6.07) is 0.472. The summed E-state index contributed by atoms with van der Waals surface area (Å²) in [5, 5.41) is 2.38. The van der Waals surface area contributed by atoms with E-state index in [4.69, 9.17) is 0 Å². The maximum Gasteiger partial charge on any atom is 0.421 e. The maximum absolute atomic E-state index is 12.6. The van der Waals surface area contributed by atoms with Crippen molar-refractivity contribution in [2.75, 3.05) is 18.1 Å². The number of pyridine rings is 1. The lowest BCUT2D eigenvalue weighted by molar-refractivity contribution is -0.138. The zero-order valence-electron chi connectivity index (χ0n) is 11.2. The highest BCUT2D eigenvalue weighted by atomic mass is 32.2. The molecule has 2 heterocycles. The van der Waals surface area contributed by atoms with Gasteiger partial charge in [-0.2, -0.15) is 13.2 Å². The van der Waals surface area contributed by atoms with Crippen LogP contribution in [0.25, 0.3) is 0 Å². The predicted molar refractivity (Wildman–Crippen MR) is 71.2 cm³/mol. The minimum absolute atomic E-state index is 0.0460. The molecule has 122 valence electrons. The van der Waals surface area contributed by atoms with Gasteiger partial charge in [0.2, 0.25) is 0 Å². The second-order valence-corrected chi connectivity index (χ2v) is 7.34. The van der Waals surface area contributed by atoms with E-state index in [1.54, 1.807) is 0 Å². The third-order valence-electron chi connectivity index (χ3n) is 3.35. The van der Waals surface area contributed by atoms with Crippen LogP contribution in [0.3, 0.4) is 0 Å². The van der Waals surface area contributed by atoms with Crippen molar-refractivity contribution in [3.8, 4) is 0 Å². The number of hydrogen-bond donors (Lipinski definition) is 2. The van der Waals surface area contributed by atoms with E-state index in [0.29, 0.717) is 12.5 Å². The van der Waals surface area contributed by atoms with Crippen LogP contribution in [0.2, 0.25) is 0 Å². The van der Waals surface area contributed by atoms with Gasteiger partial charge in [-0.1, -0.05) is 0 Å². The molecule has 2 N–H and O–H groups in total. The van der Waals surface area contributed by atoms with Gasteiger partial charge in [-0.3, -0.25) is 9.59 Å². The Morgan fingerprint density at radius 1 is 1.41 bits per heavy atom. The van der Waals surface area contributed by atoms with E-state index in [2.05, 4.69) is 5.32 Å². The molecule has 6 nitrogen and oxygen atoms in total. The normalized spacial score (nSPS) is 20.8. The van der Waals surface area contributed by atoms with Gasteiger partial charge in [0.15, 0.2) is 9.84 Å². The van der Waals surface area contributed by atoms with E-state index in [0.717, 1.165) is 6.20 Å². The Morgan fingerprint density at radius 2 is 2.09 bits per heavy atom. The number of carbonyl (C=O) groups is 1. The van der Waals surface area contributed by atoms with Crippen LogP contribution in [0.4, 0.5) is 13.2 Å². The number of alkyl halides is 3. The zero-order chi connectivity index (χ0) is 16.5. The highest BCUT2D eigenvalue weighted by Crippen LogP contribution is 2.26. The van der Waals surface area contributed by atoms with E-state index in [-0.39, 0.29) is 29.5 Å². The largest absolute Gasteiger partial charge is 0.421 e. The van der Waals surface area contributed by atoms with Crippen molar-refractivity contribution in [3.63, 3.8) is 0 Å². The lowest BCUT2D eigenvalue weighted by Gasteiger charge is -2.11. The lowest BCUT2D eigenvalue weighted by atomic mass is 10.1. The molecule has 1 aliphatic heterocycles. The monoisotopic (exact) mass is 338 g/mol. The molecule has 10 heteroatoms. The fourth-order valence-corrected chi connectivity index (χ4v) is 4.06. The maximum atomic E-state index is 12.6. The average Bonchev–Trinajstić information content (AvgIpc) is 2.75. The summed E-state index contributed by atoms with van der Waals surface area (Å²) in [5.74, 6) is -1.05. The minimum Gasteiger partial charge on any atom is -0.352 e. The molecule has 0 aliphatic carbocycles. The first-order chi connectivity index (χ1) is 10.1. The summed E-state index contributed by atoms with van der Waals surface area (Å²) < 4.78 is 60.3. The van der Waals surface area contributed by atoms with Gasteiger partial charge in [0, 0.05) is 12.7 Å². The molecule has 1 aromatic rings. The first-order valence-corrected chi connectivity index (χ1v) is 8.19. The van der Waals surface area contributed by atoms with E-state index >= 15 is 0 Å². The molecular weight excluding hydrogens is 325 g/mol. The van der Waals surface area contributed by atoms with Crippen LogP contribution in [0.5, 0.6) is 0 Å². The number of carbonyl (C=O) groups excluding carboxylic acids is 1. The van der Waals surface area contributed by atoms with Crippen LogP contribution in [0.15, 0.2) is 17.1 Å². The zero-order valence-corrected chi connectivity index (χ0v) is 12.1. The van der Waals surface area contributed by atoms with Gasteiger partial charge in [0.05, 0.1) is 17.1 Å². The molecule has 2 rings (SSSR count). The Balaban J connectivity index is 2.06. The molecule has 0 spiro atoms. The summed E-state index contributed by atoms with van der Waals surface area (Å²) >= 11 is 0. The van der Waals surface area contributed by atoms with Crippen LogP contribution in [-0.4, -0.2) is 37.4 Å². The fraction of sp³-hybridized carbons (Fsp3) is 0.500. The average molecular weight is 338 g/mol. The number of aromatic nitrogens is 1. The number of halogens is 3. The van der Waals surface area contributed by atoms with Crippen molar-refractivity contribution >= 4 is 15.7 Å². The smallest absolute Gasteiger partial charge is 0.352 e. The molecule has 1 atom stereocenters. The van der Waals surface area contributed by atoms with Gasteiger partial charge in [0.25, 0.3) is 11.5 Å². The van der Waals surface area contributed by atoms with Crippen LogP contribution in [0, 0.1) is 5.92 Å². The summed E-state index contributed by atoms with van der Waals surface area (Å²) in [6.45, 7) is 0.0541. The second-order valence-electron chi connectivity index (χ2n) is 5.11. The Kier molecular flexibility index (Phi) is 4.32. The van der Waals surface area contributed by atoms with Crippen molar-refractivity contribution in [2.24, 2.45) is 5.92 Å². The topological polar surface area (TPSA) is 96.1 Å². The van der Waals surface area contributed by atoms with Gasteiger partial charge in [-0.15, -0.1) is 0 Å². The fourth-order valence-electron chi connectivity index (χ4n) is 2.20. The molecule has 1 unspecified atom stereocenters. The van der Waals surface area contributed by atoms with Crippen molar-refractivity contribution in [2.45, 2.75) is 12.6 Å². The number of amides is 1. The molecule has 1 aromatic heterocycles. The molecule has 0 saturated carbocycles. The lowest BCUT2D eigenvalue weighted by Crippen LogP contribution is -2.31. The standard InChI is InChI=1S/C12H13F3N2O4S/c13-12(14,15)9-3-8(5-17-11(9)19)10(18)16-4-7-1-2-22(20,21)6-7/h3,5,7H,1-2,4,6H2,(H,16,18)(H,17,19). The number of aromatic amines is 1. The summed E-state index contributed by atoms with van der Waals surface area (Å²) in [4.78, 5) is 24.8. The quantitative estimate of drug-likeness (QED) is 0.842. The van der Waals surface area contributed by atoms with E-state index in [9.17, 15) is 31.2 Å². The van der Waals surface area contributed by atoms with Gasteiger partial charge in [-0.05, 0) is 18.4 Å². The summed E-state index contributed by atoms with van der Waals surface area (Å²) in [7, 11) is -3.09. The molecule has 1 aliphatic rings. The minimum atomic E-state index is -4.86. The highest BCUT2D eigenvalue weighted by Gasteiger charge is 2.34. The molecule has 1 fully saturated rings. The van der Waals surface area contributed by atoms with Crippen molar-refractivity contribution in [1.82, 2.24) is 10.3 Å². The van der Waals surface area contributed by atoms with Crippen LogP contribution >= 0.6 is 0 Å². The molecule has 1 amide bonds. The molecule has 0 aromatic carbocycles. The molecule has 1 saturated heterocycles. The summed E-state index contributed by atoms with van der Waals surface area (Å²) in [5.41, 5.74) is -3.12. The van der Waals surface area contributed by atoms with Gasteiger partial charge in [0.1, 0.15) is 5.56 Å². The van der Waals surface area contributed by atoms with Gasteiger partial charge < -0.3 is 10.3 Å². The number of sulfone groups is 1. The van der Waals surface area contributed by atoms with Crippen LogP contribution in [-0.2, 0) is 16.0 Å². The van der Waals surface area contributed by atoms with Gasteiger partial charge in [-0.25, -0.2) is 8.42 Å². The third kappa shape index (κ3) is 3.87. The van der Waals surface area contributed by atoms with Crippen molar-refractivity contribution in [1.29, 1.82) is 0 Å². The van der Waals surface area contributed by atoms with Crippen molar-refractivity contribution < 1.29 is 26.4 Å². The first-order valence-electron chi connectivity index (χ1n) is 6.37. The first kappa shape index (κ1) is 16.5. The number of hydrogen-bond acceptors (Lipinski definition) is 4. The highest BCUT2D eigenvalue weighted by molar-refractivity contribution is 7.91. The van der Waals surface area contributed by atoms with E-state index in [1.165, 1.54) is 0 Å². The number of H-pyrrole nitrogens is 1. The molecular formula is C12H13F3N2O4S. The second kappa shape index (κ2) is 5.75. The van der Waals surface area contributed by atoms with Crippen LogP contribution in [0.1, 0.15) is 22.3 Å². The van der Waals surface area contributed by atoms with E-state index in [1.807, 2.05) is 4.98 Å². The summed E-state index contributed by atoms with van der Waals surface area (Å²) in [6.07, 6.45) is -3.57. The SMILES string of the molecule is O=C(NCC1CCS(=O)(=O)C1)c1c[nH]c(=O)c(C(F)(F)F)c1. The Labute approximate surface area is 123 Å². The van der Waals surface area contributed by atoms with Crippen molar-refractivity contribution in [3.05, 3.63) is 33.7 Å². The third-order valence-corrected chi connectivity index (χ3v) is 5.19. The van der Waals surface area contributed by atoms with E-state index < -0.39 is 33.0 Å². The molecule has 0 bridgehead atoms. The molecule has 0 radical (unpaired) electrons. The van der Waals surface area contributed by atoms with Gasteiger partial charge >= 0.3 is 6.18 Å². The Bertz CT molecular complexity index is 739. The number of rotatable bonds is 3. The van der Waals surface area contributed by atoms with Crippen LogP contribution < -0.4 is 10.9 Å². The Morgan fingerprint density at radius 3 is 2.64 bits per heavy atom. The number of nitrogens with one attached hydrogen (secondary N) is 2. The Hall–Kier alpha value is -1.84. The molecule has 22 heavy (non-hydrogen) atoms. The predicted octanol–water partition coefficient (Wildman–Crippen LogP) is 0.558.